The molecular weight excluding hydrogens is 190 g/mol. The van der Waals surface area contributed by atoms with Crippen molar-refractivity contribution in [2.24, 2.45) is 0 Å². The van der Waals surface area contributed by atoms with Gasteiger partial charge in [-0.1, -0.05) is 18.9 Å². The highest BCUT2D eigenvalue weighted by Crippen LogP contribution is 1.90. The van der Waals surface area contributed by atoms with Gasteiger partial charge in [0.25, 0.3) is 0 Å². The van der Waals surface area contributed by atoms with E-state index in [0.29, 0.717) is 6.54 Å². The number of ether oxygens (including phenoxy) is 1. The Labute approximate surface area is 92.9 Å². The number of carbonyl (C=O) groups is 1. The molecule has 0 aromatic rings. The second-order valence-electron chi connectivity index (χ2n) is 3.83. The summed E-state index contributed by atoms with van der Waals surface area (Å²) in [5, 5.41) is 2.81. The van der Waals surface area contributed by atoms with Crippen LogP contribution in [0.25, 0.3) is 0 Å². The first-order valence-corrected chi connectivity index (χ1v) is 5.67. The minimum Gasteiger partial charge on any atom is -0.381 e. The second-order valence-corrected chi connectivity index (χ2v) is 3.83. The lowest BCUT2D eigenvalue weighted by Gasteiger charge is -2.04. The lowest BCUT2D eigenvalue weighted by atomic mass is 10.3. The molecule has 0 heterocycles. The van der Waals surface area contributed by atoms with Crippen molar-refractivity contribution in [1.29, 1.82) is 0 Å². The van der Waals surface area contributed by atoms with Crippen LogP contribution in [0.4, 0.5) is 0 Å². The van der Waals surface area contributed by atoms with E-state index in [-0.39, 0.29) is 5.91 Å². The number of rotatable bonds is 8. The Kier molecular flexibility index (Phi) is 9.18. The van der Waals surface area contributed by atoms with Crippen molar-refractivity contribution in [3.8, 4) is 0 Å². The number of hydrogen-bond acceptors (Lipinski definition) is 2. The third-order valence-corrected chi connectivity index (χ3v) is 1.83. The summed E-state index contributed by atoms with van der Waals surface area (Å²) in [6.07, 6.45) is 4.77. The molecule has 3 nitrogen and oxygen atoms in total. The Morgan fingerprint density at radius 2 is 1.93 bits per heavy atom. The summed E-state index contributed by atoms with van der Waals surface area (Å²) in [6.45, 7) is 8.21. The van der Waals surface area contributed by atoms with E-state index in [4.69, 9.17) is 4.74 Å². The van der Waals surface area contributed by atoms with Crippen molar-refractivity contribution in [3.05, 3.63) is 11.6 Å². The molecule has 0 rings (SSSR count). The largest absolute Gasteiger partial charge is 0.381 e. The molecule has 0 unspecified atom stereocenters. The summed E-state index contributed by atoms with van der Waals surface area (Å²) in [5.74, 6) is -0.0106. The Morgan fingerprint density at radius 3 is 2.53 bits per heavy atom. The molecule has 15 heavy (non-hydrogen) atoms. The first-order valence-electron chi connectivity index (χ1n) is 5.67. The standard InChI is InChI=1S/C12H23NO2/c1-4-5-8-15-9-6-7-13-12(14)10-11(2)3/h10H,4-9H2,1-3H3,(H,13,14). The smallest absolute Gasteiger partial charge is 0.243 e. The molecule has 0 fully saturated rings. The molecule has 0 saturated carbocycles. The number of nitrogens with one attached hydrogen (secondary N) is 1. The zero-order chi connectivity index (χ0) is 11.5. The van der Waals surface area contributed by atoms with Crippen LogP contribution >= 0.6 is 0 Å². The molecule has 0 aliphatic rings. The summed E-state index contributed by atoms with van der Waals surface area (Å²) >= 11 is 0. The van der Waals surface area contributed by atoms with Gasteiger partial charge in [-0.3, -0.25) is 4.79 Å². The fourth-order valence-corrected chi connectivity index (χ4v) is 1.05. The van der Waals surface area contributed by atoms with Gasteiger partial charge >= 0.3 is 0 Å². The quantitative estimate of drug-likeness (QED) is 0.496. The lowest BCUT2D eigenvalue weighted by Crippen LogP contribution is -2.23. The number of hydrogen-bond donors (Lipinski definition) is 1. The molecule has 0 aliphatic carbocycles. The summed E-state index contributed by atoms with van der Waals surface area (Å²) in [5.41, 5.74) is 1.02. The van der Waals surface area contributed by atoms with Crippen LogP contribution < -0.4 is 5.32 Å². The zero-order valence-corrected chi connectivity index (χ0v) is 10.1. The predicted molar refractivity (Wildman–Crippen MR) is 62.8 cm³/mol. The molecule has 0 radical (unpaired) electrons. The van der Waals surface area contributed by atoms with Crippen LogP contribution in [0.2, 0.25) is 0 Å². The zero-order valence-electron chi connectivity index (χ0n) is 10.1. The van der Waals surface area contributed by atoms with Gasteiger partial charge in [0.2, 0.25) is 5.91 Å². The Hall–Kier alpha value is -0.830. The van der Waals surface area contributed by atoms with Gasteiger partial charge in [0.05, 0.1) is 0 Å². The van der Waals surface area contributed by atoms with Crippen LogP contribution in [0, 0.1) is 0 Å². The highest BCUT2D eigenvalue weighted by molar-refractivity contribution is 5.87. The van der Waals surface area contributed by atoms with E-state index in [2.05, 4.69) is 12.2 Å². The van der Waals surface area contributed by atoms with Crippen molar-refractivity contribution in [3.63, 3.8) is 0 Å². The molecule has 0 aromatic carbocycles. The first-order chi connectivity index (χ1) is 7.16. The second kappa shape index (κ2) is 9.71. The number of amides is 1. The maximum atomic E-state index is 11.2. The average molecular weight is 213 g/mol. The average Bonchev–Trinajstić information content (AvgIpc) is 2.15. The van der Waals surface area contributed by atoms with Crippen molar-refractivity contribution >= 4 is 5.91 Å². The van der Waals surface area contributed by atoms with Gasteiger partial charge in [0, 0.05) is 25.8 Å². The van der Waals surface area contributed by atoms with E-state index in [1.807, 2.05) is 13.8 Å². The molecule has 0 saturated heterocycles. The van der Waals surface area contributed by atoms with Crippen molar-refractivity contribution < 1.29 is 9.53 Å². The minimum atomic E-state index is -0.0106. The molecule has 88 valence electrons. The summed E-state index contributed by atoms with van der Waals surface area (Å²) in [4.78, 5) is 11.2. The van der Waals surface area contributed by atoms with Gasteiger partial charge in [-0.15, -0.1) is 0 Å². The maximum absolute atomic E-state index is 11.2. The molecule has 0 bridgehead atoms. The molecule has 3 heteroatoms. The summed E-state index contributed by atoms with van der Waals surface area (Å²) in [7, 11) is 0. The monoisotopic (exact) mass is 213 g/mol. The van der Waals surface area contributed by atoms with Crippen molar-refractivity contribution in [1.82, 2.24) is 5.32 Å². The lowest BCUT2D eigenvalue weighted by molar-refractivity contribution is -0.116. The molecule has 1 N–H and O–H groups in total. The van der Waals surface area contributed by atoms with Crippen LogP contribution in [-0.4, -0.2) is 25.7 Å². The van der Waals surface area contributed by atoms with Crippen molar-refractivity contribution in [2.45, 2.75) is 40.0 Å². The third kappa shape index (κ3) is 11.1. The first kappa shape index (κ1) is 14.2. The van der Waals surface area contributed by atoms with Gasteiger partial charge in [-0.05, 0) is 26.7 Å². The fraction of sp³-hybridized carbons (Fsp3) is 0.750. The van der Waals surface area contributed by atoms with E-state index in [1.165, 1.54) is 0 Å². The van der Waals surface area contributed by atoms with E-state index in [9.17, 15) is 4.79 Å². The summed E-state index contributed by atoms with van der Waals surface area (Å²) in [6, 6.07) is 0. The van der Waals surface area contributed by atoms with Gasteiger partial charge in [-0.2, -0.15) is 0 Å². The number of carbonyl (C=O) groups excluding carboxylic acids is 1. The Morgan fingerprint density at radius 1 is 1.27 bits per heavy atom. The van der Waals surface area contributed by atoms with Crippen LogP contribution in [0.5, 0.6) is 0 Å². The molecule has 0 aromatic heterocycles. The van der Waals surface area contributed by atoms with E-state index in [1.54, 1.807) is 6.08 Å². The minimum absolute atomic E-state index is 0.0106. The normalized spacial score (nSPS) is 9.80. The molecule has 0 spiro atoms. The number of allylic oxidation sites excluding steroid dienone is 1. The SMILES string of the molecule is CCCCOCCCNC(=O)C=C(C)C. The third-order valence-electron chi connectivity index (χ3n) is 1.83. The number of unbranched alkanes of at least 4 members (excludes halogenated alkanes) is 1. The van der Waals surface area contributed by atoms with Crippen molar-refractivity contribution in [2.75, 3.05) is 19.8 Å². The highest BCUT2D eigenvalue weighted by atomic mass is 16.5. The van der Waals surface area contributed by atoms with E-state index < -0.39 is 0 Å². The van der Waals surface area contributed by atoms with Crippen LogP contribution in [-0.2, 0) is 9.53 Å². The molecule has 0 atom stereocenters. The Bertz CT molecular complexity index is 196. The van der Waals surface area contributed by atoms with Crippen LogP contribution in [0.3, 0.4) is 0 Å². The van der Waals surface area contributed by atoms with Gasteiger partial charge in [0.15, 0.2) is 0 Å². The maximum Gasteiger partial charge on any atom is 0.243 e. The van der Waals surface area contributed by atoms with Gasteiger partial charge in [0.1, 0.15) is 0 Å². The predicted octanol–water partition coefficient (Wildman–Crippen LogP) is 2.28. The van der Waals surface area contributed by atoms with E-state index >= 15 is 0 Å². The highest BCUT2D eigenvalue weighted by Gasteiger charge is 1.95. The molecule has 0 aliphatic heterocycles. The van der Waals surface area contributed by atoms with Crippen LogP contribution in [0.1, 0.15) is 40.0 Å². The Balaban J connectivity index is 3.24. The molecular formula is C12H23NO2. The fourth-order valence-electron chi connectivity index (χ4n) is 1.05. The van der Waals surface area contributed by atoms with Gasteiger partial charge in [-0.25, -0.2) is 0 Å². The summed E-state index contributed by atoms with van der Waals surface area (Å²) < 4.78 is 5.37. The topological polar surface area (TPSA) is 38.3 Å². The van der Waals surface area contributed by atoms with Crippen LogP contribution in [0.15, 0.2) is 11.6 Å². The molecule has 1 amide bonds. The van der Waals surface area contributed by atoms with E-state index in [0.717, 1.165) is 38.0 Å². The van der Waals surface area contributed by atoms with Gasteiger partial charge < -0.3 is 10.1 Å².